The van der Waals surface area contributed by atoms with Crippen LogP contribution in [0.5, 0.6) is 0 Å². The average Bonchev–Trinajstić information content (AvgIpc) is 1.25. The van der Waals surface area contributed by atoms with Crippen LogP contribution in [0.2, 0.25) is 0 Å². The van der Waals surface area contributed by atoms with Crippen LogP contribution in [-0.2, 0) is 32.5 Å². The van der Waals surface area contributed by atoms with Crippen LogP contribution >= 0.6 is 0 Å². The molecule has 0 fully saturated rings. The summed E-state index contributed by atoms with van der Waals surface area (Å²) in [4.78, 5) is 2.77. The molecule has 0 atom stereocenters. The minimum Gasteiger partial charge on any atom is -0.382 e. The molecule has 22 rings (SSSR count). The maximum absolute atomic E-state index is 2.77. The molecule has 15 aromatic carbocycles. The maximum Gasteiger partial charge on any atom is 0.333 e. The summed E-state index contributed by atoms with van der Waals surface area (Å²) in [6, 6.07) is 82.9. The largest absolute Gasteiger partial charge is 0.382 e. The van der Waals surface area contributed by atoms with E-state index >= 15 is 0 Å². The van der Waals surface area contributed by atoms with Gasteiger partial charge in [-0.2, -0.15) is 0 Å². The Morgan fingerprint density at radius 2 is 0.837 bits per heavy atom. The number of aromatic nitrogens is 3. The maximum atomic E-state index is 2.77. The smallest absolute Gasteiger partial charge is 0.333 e. The van der Waals surface area contributed by atoms with Gasteiger partial charge in [0.2, 0.25) is 0 Å². The van der Waals surface area contributed by atoms with E-state index in [9.17, 15) is 0 Å². The van der Waals surface area contributed by atoms with Crippen molar-refractivity contribution < 1.29 is 0 Å². The zero-order valence-electron chi connectivity index (χ0n) is 62.7. The summed E-state index contributed by atoms with van der Waals surface area (Å²) in [6.45, 7) is 38.3. The number of hydrogen-bond donors (Lipinski definition) is 0. The molecule has 4 nitrogen and oxygen atoms in total. The lowest BCUT2D eigenvalue weighted by Gasteiger charge is -2.45. The van der Waals surface area contributed by atoms with E-state index in [1.807, 2.05) is 0 Å². The van der Waals surface area contributed by atoms with Gasteiger partial charge in [-0.3, -0.25) is 0 Å². The number of rotatable bonds is 4. The number of anilines is 2. The standard InChI is InChI=1S/C98H84B2N4/c1-93(2,3)61-30-38-77-73(49-61)74-51-64(96(10,11)12)52-76-90(74)103(77)92-72-37-27-56-46-63(95(7,8)9)45-55-24-35-69(82(72)79(55)56)84-75-50-62(94(4,5)6)31-39-78(75)104(99(76)87(84)92)66-32-28-60(29-33-66)97(13,14)98(15,16)65-47-57-25-34-68-81-71(36-26-58(48-65)80(57)81)91-86-83(68)70-23-19-21-53-41-43-102(88(53)70)100(86)85-67-22-18-17-20-54(67)44-59-40-42-101(91)89(59)85/h17-52H,1-16H3. The van der Waals surface area contributed by atoms with Gasteiger partial charge in [0.15, 0.2) is 0 Å². The van der Waals surface area contributed by atoms with Crippen molar-refractivity contribution in [3.63, 3.8) is 0 Å². The Hall–Kier alpha value is -10.6. The van der Waals surface area contributed by atoms with Gasteiger partial charge < -0.3 is 18.4 Å². The summed E-state index contributed by atoms with van der Waals surface area (Å²) in [5, 5.41) is 23.8. The van der Waals surface area contributed by atoms with Gasteiger partial charge in [-0.15, -0.1) is 0 Å². The van der Waals surface area contributed by atoms with Gasteiger partial charge in [0.05, 0.1) is 27.9 Å². The zero-order chi connectivity index (χ0) is 71.0. The Morgan fingerprint density at radius 3 is 1.50 bits per heavy atom. The van der Waals surface area contributed by atoms with Crippen LogP contribution in [0.15, 0.2) is 219 Å². The molecule has 0 saturated heterocycles. The fraction of sp³-hybridized carbons (Fsp3) is 0.224. The van der Waals surface area contributed by atoms with Crippen LogP contribution in [0.1, 0.15) is 144 Å². The van der Waals surface area contributed by atoms with Crippen LogP contribution in [0.25, 0.3) is 153 Å². The van der Waals surface area contributed by atoms with E-state index in [1.54, 1.807) is 0 Å². The van der Waals surface area contributed by atoms with Crippen LogP contribution in [0.4, 0.5) is 11.4 Å². The van der Waals surface area contributed by atoms with E-state index in [0.717, 1.165) is 0 Å². The first kappa shape index (κ1) is 61.0. The molecular formula is C98H84B2N4. The van der Waals surface area contributed by atoms with E-state index in [4.69, 9.17) is 0 Å². The summed E-state index contributed by atoms with van der Waals surface area (Å²) in [5.74, 6) is 0. The molecule has 7 heterocycles. The second-order valence-corrected chi connectivity index (χ2v) is 36.9. The van der Waals surface area contributed by atoms with Gasteiger partial charge in [0.1, 0.15) is 0 Å². The fourth-order valence-electron chi connectivity index (χ4n) is 20.4. The molecule has 0 radical (unpaired) electrons. The van der Waals surface area contributed by atoms with Gasteiger partial charge in [0, 0.05) is 71.9 Å². The molecule has 0 N–H and O–H groups in total. The predicted molar refractivity (Wildman–Crippen MR) is 450 cm³/mol. The molecule has 0 unspecified atom stereocenters. The summed E-state index contributed by atoms with van der Waals surface area (Å²) in [6.07, 6.45) is 4.71. The fourth-order valence-corrected chi connectivity index (χ4v) is 20.4. The normalized spacial score (nSPS) is 14.5. The molecule has 0 aliphatic carbocycles. The first-order chi connectivity index (χ1) is 49.6. The second-order valence-electron chi connectivity index (χ2n) is 36.9. The van der Waals surface area contributed by atoms with E-state index in [2.05, 4.69) is 348 Å². The topological polar surface area (TPSA) is 18.0 Å². The molecule has 4 aliphatic rings. The quantitative estimate of drug-likeness (QED) is 0.127. The molecule has 0 amide bonds. The van der Waals surface area contributed by atoms with E-state index < -0.39 is 0 Å². The van der Waals surface area contributed by atoms with E-state index in [0.29, 0.717) is 0 Å². The van der Waals surface area contributed by atoms with Gasteiger partial charge in [-0.1, -0.05) is 256 Å². The number of fused-ring (bicyclic) bond motifs is 17. The van der Waals surface area contributed by atoms with E-state index in [-0.39, 0.29) is 46.2 Å². The zero-order valence-corrected chi connectivity index (χ0v) is 62.7. The van der Waals surface area contributed by atoms with E-state index in [1.165, 1.54) is 219 Å². The third kappa shape index (κ3) is 7.61. The minimum absolute atomic E-state index is 0.00144. The molecule has 0 spiro atoms. The van der Waals surface area contributed by atoms with Crippen molar-refractivity contribution in [3.8, 4) is 33.6 Å². The molecule has 0 bridgehead atoms. The van der Waals surface area contributed by atoms with Gasteiger partial charge in [0.25, 0.3) is 0 Å². The third-order valence-corrected chi connectivity index (χ3v) is 26.7. The lowest BCUT2D eigenvalue weighted by atomic mass is 9.43. The molecule has 4 aliphatic heterocycles. The van der Waals surface area contributed by atoms with Crippen molar-refractivity contribution in [1.82, 2.24) is 13.6 Å². The molecule has 18 aromatic rings. The first-order valence-electron chi connectivity index (χ1n) is 38.0. The van der Waals surface area contributed by atoms with Crippen molar-refractivity contribution in [1.29, 1.82) is 0 Å². The summed E-state index contributed by atoms with van der Waals surface area (Å²) in [7, 11) is 0. The Balaban J connectivity index is 0.737. The summed E-state index contributed by atoms with van der Waals surface area (Å²) < 4.78 is 7.90. The number of nitrogens with zero attached hydrogens (tertiary/aromatic N) is 4. The SMILES string of the molecule is CC(C)(C)c1ccc2c(c1)-c1c3c(c4ccc5cc(C(C)(C)C)cc6ccc1c4c65)-n1c4ccc(C(C)(C)C)cc4c4cc(C(C)(C)C)cc(c41)B3N2c1ccc(C(C)(C)C(C)(C)c2cc3ccc4c5c6c(c7ccc(c2)c3c47)-n2ccc3cc4ccccc4c(c32)B6n2ccc3cccc-5c32)cc1. The van der Waals surface area contributed by atoms with Crippen molar-refractivity contribution in [2.45, 2.75) is 143 Å². The highest BCUT2D eigenvalue weighted by atomic mass is 15.1. The molecule has 0 saturated carbocycles. The molecule has 502 valence electrons. The number of hydrogen-bond acceptors (Lipinski definition) is 1. The molecule has 104 heavy (non-hydrogen) atoms. The van der Waals surface area contributed by atoms with Crippen molar-refractivity contribution in [2.75, 3.05) is 4.81 Å². The highest BCUT2D eigenvalue weighted by molar-refractivity contribution is 6.94. The molecule has 6 heteroatoms. The lowest BCUT2D eigenvalue weighted by Crippen LogP contribution is -2.61. The summed E-state index contributed by atoms with van der Waals surface area (Å²) >= 11 is 0. The highest BCUT2D eigenvalue weighted by Crippen LogP contribution is 2.55. The summed E-state index contributed by atoms with van der Waals surface area (Å²) in [5.41, 5.74) is 28.4. The molecule has 3 aromatic heterocycles. The molecular weight excluding hydrogens is 1250 g/mol. The van der Waals surface area contributed by atoms with Crippen LogP contribution < -0.4 is 26.7 Å². The predicted octanol–water partition coefficient (Wildman–Crippen LogP) is 23.3. The van der Waals surface area contributed by atoms with Gasteiger partial charge in [-0.25, -0.2) is 0 Å². The Bertz CT molecular complexity index is 6910. The minimum atomic E-state index is -0.315. The lowest BCUT2D eigenvalue weighted by molar-refractivity contribution is 0.303. The Morgan fingerprint density at radius 1 is 0.298 bits per heavy atom. The van der Waals surface area contributed by atoms with Crippen molar-refractivity contribution in [3.05, 3.63) is 252 Å². The Labute approximate surface area is 609 Å². The first-order valence-corrected chi connectivity index (χ1v) is 38.0. The second kappa shape index (κ2) is 19.4. The number of para-hydroxylation sites is 1. The average molecular weight is 1340 g/mol. The highest BCUT2D eigenvalue weighted by Gasteiger charge is 2.49. The van der Waals surface area contributed by atoms with Crippen LogP contribution in [0, 0.1) is 0 Å². The van der Waals surface area contributed by atoms with Crippen molar-refractivity contribution >= 4 is 166 Å². The third-order valence-electron chi connectivity index (χ3n) is 26.7. The van der Waals surface area contributed by atoms with Crippen LogP contribution in [-0.4, -0.2) is 27.3 Å². The van der Waals surface area contributed by atoms with Crippen LogP contribution in [0.3, 0.4) is 0 Å². The monoisotopic (exact) mass is 1340 g/mol. The Kier molecular flexibility index (Phi) is 11.4. The van der Waals surface area contributed by atoms with Gasteiger partial charge in [-0.05, 0) is 225 Å². The van der Waals surface area contributed by atoms with Crippen molar-refractivity contribution in [2.24, 2.45) is 0 Å². The number of benzene rings is 15. The van der Waals surface area contributed by atoms with Gasteiger partial charge >= 0.3 is 13.7 Å².